The van der Waals surface area contributed by atoms with E-state index in [0.29, 0.717) is 16.8 Å². The van der Waals surface area contributed by atoms with Crippen LogP contribution in [0.1, 0.15) is 48.7 Å². The topological polar surface area (TPSA) is 82.5 Å². The van der Waals surface area contributed by atoms with Gasteiger partial charge in [0.2, 0.25) is 0 Å². The average molecular weight is 311 g/mol. The summed E-state index contributed by atoms with van der Waals surface area (Å²) < 4.78 is 0. The maximum absolute atomic E-state index is 12.2. The Morgan fingerprint density at radius 2 is 2.19 bits per heavy atom. The van der Waals surface area contributed by atoms with Crippen molar-refractivity contribution in [2.24, 2.45) is 11.8 Å². The first-order valence-corrected chi connectivity index (χ1v) is 8.00. The van der Waals surface area contributed by atoms with Gasteiger partial charge in [-0.1, -0.05) is 13.8 Å². The summed E-state index contributed by atoms with van der Waals surface area (Å²) in [6, 6.07) is -0.383. The van der Waals surface area contributed by atoms with Crippen molar-refractivity contribution in [2.45, 2.75) is 33.2 Å². The minimum atomic E-state index is -1.05. The van der Waals surface area contributed by atoms with Crippen LogP contribution in [0.25, 0.3) is 0 Å². The quantitative estimate of drug-likeness (QED) is 0.895. The Balaban J connectivity index is 1.91. The van der Waals surface area contributed by atoms with Gasteiger partial charge in [0.05, 0.1) is 6.04 Å². The zero-order valence-electron chi connectivity index (χ0n) is 12.5. The molecule has 2 atom stereocenters. The van der Waals surface area contributed by atoms with Crippen molar-refractivity contribution in [2.75, 3.05) is 13.1 Å². The van der Waals surface area contributed by atoms with Crippen molar-refractivity contribution < 1.29 is 14.7 Å². The van der Waals surface area contributed by atoms with Crippen molar-refractivity contribution in [3.63, 3.8) is 0 Å². The number of urea groups is 1. The van der Waals surface area contributed by atoms with E-state index in [2.05, 4.69) is 24.1 Å². The van der Waals surface area contributed by atoms with E-state index < -0.39 is 5.97 Å². The minimum absolute atomic E-state index is 0.0251. The van der Waals surface area contributed by atoms with Crippen LogP contribution in [-0.4, -0.2) is 40.1 Å². The van der Waals surface area contributed by atoms with Crippen LogP contribution < -0.4 is 5.32 Å². The molecule has 0 saturated carbocycles. The fraction of sp³-hybridized carbons (Fsp3) is 0.643. The molecule has 0 radical (unpaired) electrons. The van der Waals surface area contributed by atoms with Gasteiger partial charge in [-0.2, -0.15) is 0 Å². The van der Waals surface area contributed by atoms with Gasteiger partial charge >= 0.3 is 12.0 Å². The average Bonchev–Trinajstić information content (AvgIpc) is 3.08. The summed E-state index contributed by atoms with van der Waals surface area (Å²) in [5.74, 6) is 0.0946. The Morgan fingerprint density at radius 1 is 1.48 bits per heavy atom. The van der Waals surface area contributed by atoms with Gasteiger partial charge in [0.25, 0.3) is 0 Å². The number of nitrogens with zero attached hydrogens (tertiary/aromatic N) is 2. The van der Waals surface area contributed by atoms with E-state index in [4.69, 9.17) is 5.11 Å². The molecule has 2 unspecified atom stereocenters. The first-order chi connectivity index (χ1) is 9.88. The molecule has 2 rings (SSSR count). The van der Waals surface area contributed by atoms with Crippen LogP contribution in [0.15, 0.2) is 5.38 Å². The number of thiazole rings is 1. The van der Waals surface area contributed by atoms with E-state index in [9.17, 15) is 9.59 Å². The van der Waals surface area contributed by atoms with Crippen molar-refractivity contribution in [3.8, 4) is 0 Å². The van der Waals surface area contributed by atoms with Crippen LogP contribution in [0.4, 0.5) is 4.79 Å². The third-order valence-corrected chi connectivity index (χ3v) is 4.93. The number of amides is 2. The Kier molecular flexibility index (Phi) is 4.82. The lowest BCUT2D eigenvalue weighted by molar-refractivity contribution is 0.0691. The smallest absolute Gasteiger partial charge is 0.355 e. The molecule has 2 N–H and O–H groups in total. The van der Waals surface area contributed by atoms with E-state index in [0.717, 1.165) is 19.5 Å². The molecule has 0 spiro atoms. The number of aromatic nitrogens is 1. The number of hydrogen-bond donors (Lipinski definition) is 2. The maximum Gasteiger partial charge on any atom is 0.355 e. The van der Waals surface area contributed by atoms with Gasteiger partial charge in [0.15, 0.2) is 5.69 Å². The molecular formula is C14H21N3O3S. The lowest BCUT2D eigenvalue weighted by Gasteiger charge is -2.21. The van der Waals surface area contributed by atoms with E-state index >= 15 is 0 Å². The van der Waals surface area contributed by atoms with Gasteiger partial charge in [0.1, 0.15) is 5.01 Å². The monoisotopic (exact) mass is 311 g/mol. The number of carbonyl (C=O) groups excluding carboxylic acids is 1. The Labute approximate surface area is 128 Å². The molecule has 6 nitrogen and oxygen atoms in total. The molecule has 116 valence electrons. The van der Waals surface area contributed by atoms with Crippen molar-refractivity contribution in [1.82, 2.24) is 15.2 Å². The van der Waals surface area contributed by atoms with E-state index in [-0.39, 0.29) is 17.8 Å². The third kappa shape index (κ3) is 3.72. The molecule has 21 heavy (non-hydrogen) atoms. The predicted octanol–water partition coefficient (Wildman–Crippen LogP) is 2.59. The number of nitrogens with one attached hydrogen (secondary N) is 1. The summed E-state index contributed by atoms with van der Waals surface area (Å²) in [5, 5.41) is 13.9. The second-order valence-corrected chi connectivity index (χ2v) is 6.68. The molecule has 0 aliphatic carbocycles. The van der Waals surface area contributed by atoms with Crippen LogP contribution in [0, 0.1) is 11.8 Å². The molecule has 2 heterocycles. The summed E-state index contributed by atoms with van der Waals surface area (Å²) >= 11 is 1.25. The predicted molar refractivity (Wildman–Crippen MR) is 80.5 cm³/mol. The number of hydrogen-bond acceptors (Lipinski definition) is 4. The fourth-order valence-electron chi connectivity index (χ4n) is 2.44. The van der Waals surface area contributed by atoms with Crippen LogP contribution in [0.5, 0.6) is 0 Å². The van der Waals surface area contributed by atoms with Crippen molar-refractivity contribution >= 4 is 23.3 Å². The summed E-state index contributed by atoms with van der Waals surface area (Å²) in [5.41, 5.74) is 0.0251. The Bertz CT molecular complexity index is 529. The number of carboxylic acid groups (broad SMARTS) is 1. The zero-order valence-corrected chi connectivity index (χ0v) is 13.3. The molecule has 1 aromatic rings. The molecule has 1 aliphatic heterocycles. The van der Waals surface area contributed by atoms with E-state index in [1.807, 2.05) is 11.8 Å². The summed E-state index contributed by atoms with van der Waals surface area (Å²) in [7, 11) is 0. The highest BCUT2D eigenvalue weighted by Crippen LogP contribution is 2.24. The van der Waals surface area contributed by atoms with Gasteiger partial charge in [-0.05, 0) is 25.2 Å². The molecule has 7 heteroatoms. The first kappa shape index (κ1) is 15.8. The van der Waals surface area contributed by atoms with Crippen LogP contribution >= 0.6 is 11.3 Å². The number of carboxylic acids is 1. The molecule has 0 bridgehead atoms. The Hall–Kier alpha value is -1.63. The highest BCUT2D eigenvalue weighted by Gasteiger charge is 2.29. The summed E-state index contributed by atoms with van der Waals surface area (Å²) in [6.07, 6.45) is 1.04. The largest absolute Gasteiger partial charge is 0.476 e. The fourth-order valence-corrected chi connectivity index (χ4v) is 3.24. The zero-order chi connectivity index (χ0) is 15.6. The molecule has 0 aromatic carbocycles. The lowest BCUT2D eigenvalue weighted by Crippen LogP contribution is -2.39. The molecule has 1 aromatic heterocycles. The van der Waals surface area contributed by atoms with Crippen LogP contribution in [0.3, 0.4) is 0 Å². The second kappa shape index (κ2) is 6.43. The van der Waals surface area contributed by atoms with Gasteiger partial charge in [-0.25, -0.2) is 14.6 Å². The SMILES string of the molecule is CC(NC(=O)N1CCC(C(C)C)C1)c1nc(C(=O)O)cs1. The van der Waals surface area contributed by atoms with Gasteiger partial charge in [0, 0.05) is 18.5 Å². The normalized spacial score (nSPS) is 19.8. The number of rotatable bonds is 4. The lowest BCUT2D eigenvalue weighted by atomic mass is 9.95. The van der Waals surface area contributed by atoms with Gasteiger partial charge < -0.3 is 15.3 Å². The standard InChI is InChI=1S/C14H21N3O3S/c1-8(2)10-4-5-17(6-10)14(20)15-9(3)12-16-11(7-21-12)13(18)19/h7-10H,4-6H2,1-3H3,(H,15,20)(H,18,19). The number of carbonyl (C=O) groups is 2. The third-order valence-electron chi connectivity index (χ3n) is 3.91. The number of aromatic carboxylic acids is 1. The van der Waals surface area contributed by atoms with Crippen molar-refractivity contribution in [3.05, 3.63) is 16.1 Å². The molecule has 1 aliphatic rings. The van der Waals surface area contributed by atoms with Gasteiger partial charge in [-0.15, -0.1) is 11.3 Å². The van der Waals surface area contributed by atoms with Crippen molar-refractivity contribution in [1.29, 1.82) is 0 Å². The molecule has 2 amide bonds. The Morgan fingerprint density at radius 3 is 2.71 bits per heavy atom. The van der Waals surface area contributed by atoms with Gasteiger partial charge in [-0.3, -0.25) is 0 Å². The molecule has 1 fully saturated rings. The van der Waals surface area contributed by atoms with E-state index in [1.54, 1.807) is 0 Å². The highest BCUT2D eigenvalue weighted by molar-refractivity contribution is 7.09. The van der Waals surface area contributed by atoms with E-state index in [1.165, 1.54) is 16.7 Å². The molecule has 1 saturated heterocycles. The summed E-state index contributed by atoms with van der Waals surface area (Å²) in [4.78, 5) is 28.9. The first-order valence-electron chi connectivity index (χ1n) is 7.12. The second-order valence-electron chi connectivity index (χ2n) is 5.79. The highest BCUT2D eigenvalue weighted by atomic mass is 32.1. The van der Waals surface area contributed by atoms with Crippen LogP contribution in [-0.2, 0) is 0 Å². The summed E-state index contributed by atoms with van der Waals surface area (Å²) in [6.45, 7) is 7.74. The maximum atomic E-state index is 12.2. The minimum Gasteiger partial charge on any atom is -0.476 e. The molecular weight excluding hydrogens is 290 g/mol. The van der Waals surface area contributed by atoms with Crippen LogP contribution in [0.2, 0.25) is 0 Å². The number of likely N-dealkylation sites (tertiary alicyclic amines) is 1.